The molecule has 0 aromatic rings. The Bertz CT molecular complexity index is 544. The molecule has 120 valence electrons. The van der Waals surface area contributed by atoms with E-state index >= 15 is 0 Å². The van der Waals surface area contributed by atoms with E-state index in [1.54, 1.807) is 0 Å². The molecule has 0 heteroatoms. The molecule has 0 amide bonds. The summed E-state index contributed by atoms with van der Waals surface area (Å²) in [5.74, 6) is 2.96. The Kier molecular flexibility index (Phi) is 2.55. The maximum atomic E-state index is 8.61. The third-order valence-electron chi connectivity index (χ3n) is 8.54. The van der Waals surface area contributed by atoms with E-state index in [0.29, 0.717) is 23.7 Å². The predicted octanol–water partition coefficient (Wildman–Crippen LogP) is 6.45. The van der Waals surface area contributed by atoms with Gasteiger partial charge in [-0.15, -0.1) is 0 Å². The number of rotatable bonds is 1. The van der Waals surface area contributed by atoms with E-state index in [1.807, 2.05) is 0 Å². The summed E-state index contributed by atoms with van der Waals surface area (Å²) < 4.78 is 34.0. The first-order valence-corrected chi connectivity index (χ1v) is 9.53. The Morgan fingerprint density at radius 1 is 0.952 bits per heavy atom. The molecular formula is C21H36. The van der Waals surface area contributed by atoms with Gasteiger partial charge in [-0.25, -0.2) is 0 Å². The van der Waals surface area contributed by atoms with Crippen LogP contribution in [0.25, 0.3) is 0 Å². The normalized spacial score (nSPS) is 64.0. The molecule has 0 aliphatic heterocycles. The summed E-state index contributed by atoms with van der Waals surface area (Å²) in [6.45, 7) is 7.16. The lowest BCUT2D eigenvalue weighted by Crippen LogP contribution is -2.52. The van der Waals surface area contributed by atoms with Crippen molar-refractivity contribution in [3.63, 3.8) is 0 Å². The second-order valence-corrected chi connectivity index (χ2v) is 9.05. The fourth-order valence-electron chi connectivity index (χ4n) is 7.35. The van der Waals surface area contributed by atoms with E-state index in [2.05, 4.69) is 20.8 Å². The fourth-order valence-corrected chi connectivity index (χ4v) is 7.35. The van der Waals surface area contributed by atoms with Crippen LogP contribution in [0.3, 0.4) is 0 Å². The second-order valence-electron chi connectivity index (χ2n) is 9.05. The maximum Gasteiger partial charge on any atom is 0.0270 e. The van der Waals surface area contributed by atoms with Gasteiger partial charge in [-0.2, -0.15) is 0 Å². The Morgan fingerprint density at radius 2 is 1.76 bits per heavy atom. The summed E-state index contributed by atoms with van der Waals surface area (Å²) in [5, 5.41) is 0. The molecule has 4 aliphatic carbocycles. The van der Waals surface area contributed by atoms with Crippen LogP contribution >= 0.6 is 0 Å². The SMILES string of the molecule is [2H]C1([2H])CC([2H])([2H])[C@@H]2CC[C@H]3[C@H]4CC[C@H](CC)[C@@]4(C)CC[C@@H]3[C@@]2(C)C1. The number of fused-ring (bicyclic) bond motifs is 5. The Labute approximate surface area is 138 Å². The van der Waals surface area contributed by atoms with Gasteiger partial charge in [0.15, 0.2) is 0 Å². The van der Waals surface area contributed by atoms with Gasteiger partial charge in [0.1, 0.15) is 0 Å². The van der Waals surface area contributed by atoms with Crippen molar-refractivity contribution >= 4 is 0 Å². The highest BCUT2D eigenvalue weighted by Crippen LogP contribution is 2.67. The van der Waals surface area contributed by atoms with Gasteiger partial charge >= 0.3 is 0 Å². The second kappa shape index (κ2) is 5.00. The standard InChI is InChI=1S/C21H36/c1-4-15-9-11-18-17-10-8-16-7-5-6-13-20(16,2)19(17)12-14-21(15,18)3/h15-19H,4-14H2,1-3H3/t15-,16+,17-,18+,19-,20-,21+/m0/s1/i6D2,7D2. The first kappa shape index (κ1) is 10.7. The zero-order valence-electron chi connectivity index (χ0n) is 18.3. The van der Waals surface area contributed by atoms with Crippen molar-refractivity contribution in [2.24, 2.45) is 40.4 Å². The minimum atomic E-state index is -1.35. The molecule has 4 saturated carbocycles. The van der Waals surface area contributed by atoms with Crippen molar-refractivity contribution < 1.29 is 5.48 Å². The first-order valence-electron chi connectivity index (χ1n) is 11.5. The molecule has 0 nitrogen and oxygen atoms in total. The monoisotopic (exact) mass is 292 g/mol. The molecule has 0 bridgehead atoms. The average molecular weight is 293 g/mol. The van der Waals surface area contributed by atoms with Crippen LogP contribution in [0.1, 0.15) is 96.8 Å². The molecule has 0 unspecified atom stereocenters. The summed E-state index contributed by atoms with van der Waals surface area (Å²) >= 11 is 0. The van der Waals surface area contributed by atoms with Crippen molar-refractivity contribution in [3.8, 4) is 0 Å². The van der Waals surface area contributed by atoms with Crippen LogP contribution in [0.5, 0.6) is 0 Å². The molecule has 21 heavy (non-hydrogen) atoms. The van der Waals surface area contributed by atoms with Gasteiger partial charge < -0.3 is 0 Å². The largest absolute Gasteiger partial charge is 0.0651 e. The van der Waals surface area contributed by atoms with Crippen LogP contribution in [0.2, 0.25) is 0 Å². The third-order valence-corrected chi connectivity index (χ3v) is 8.54. The molecule has 0 aromatic carbocycles. The first-order chi connectivity index (χ1) is 11.5. The lowest BCUT2D eigenvalue weighted by Gasteiger charge is -2.60. The molecule has 0 N–H and O–H groups in total. The van der Waals surface area contributed by atoms with Gasteiger partial charge in [-0.3, -0.25) is 0 Å². The van der Waals surface area contributed by atoms with Crippen molar-refractivity contribution in [2.75, 3.05) is 0 Å². The topological polar surface area (TPSA) is 0 Å². The summed E-state index contributed by atoms with van der Waals surface area (Å²) in [4.78, 5) is 0. The molecule has 4 rings (SSSR count). The van der Waals surface area contributed by atoms with Crippen LogP contribution in [-0.4, -0.2) is 0 Å². The molecule has 0 aromatic heterocycles. The quantitative estimate of drug-likeness (QED) is 0.521. The van der Waals surface area contributed by atoms with E-state index in [1.165, 1.54) is 38.5 Å². The van der Waals surface area contributed by atoms with Gasteiger partial charge in [-0.05, 0) is 91.7 Å². The van der Waals surface area contributed by atoms with Crippen LogP contribution in [0.4, 0.5) is 0 Å². The minimum absolute atomic E-state index is 0.0535. The molecular weight excluding hydrogens is 252 g/mol. The number of hydrogen-bond donors (Lipinski definition) is 0. The minimum Gasteiger partial charge on any atom is -0.0651 e. The fraction of sp³-hybridized carbons (Fsp3) is 1.00. The number of hydrogen-bond acceptors (Lipinski definition) is 0. The lowest BCUT2D eigenvalue weighted by molar-refractivity contribution is -0.110. The smallest absolute Gasteiger partial charge is 0.0270 e. The van der Waals surface area contributed by atoms with Crippen molar-refractivity contribution in [3.05, 3.63) is 0 Å². The zero-order chi connectivity index (χ0) is 18.3. The van der Waals surface area contributed by atoms with E-state index in [0.717, 1.165) is 18.3 Å². The Balaban J connectivity index is 1.68. The van der Waals surface area contributed by atoms with E-state index in [-0.39, 0.29) is 17.8 Å². The molecule has 0 saturated heterocycles. The summed E-state index contributed by atoms with van der Waals surface area (Å²) in [6, 6.07) is 0. The predicted molar refractivity (Wildman–Crippen MR) is 90.1 cm³/mol. The highest BCUT2D eigenvalue weighted by Gasteiger charge is 2.59. The third kappa shape index (κ3) is 1.93. The molecule has 0 spiro atoms. The van der Waals surface area contributed by atoms with E-state index in [4.69, 9.17) is 5.48 Å². The van der Waals surface area contributed by atoms with Crippen LogP contribution < -0.4 is 0 Å². The highest BCUT2D eigenvalue weighted by atomic mass is 14.6. The molecule has 0 heterocycles. The van der Waals surface area contributed by atoms with Crippen molar-refractivity contribution in [2.45, 2.75) is 91.3 Å². The van der Waals surface area contributed by atoms with Crippen molar-refractivity contribution in [1.29, 1.82) is 0 Å². The van der Waals surface area contributed by atoms with Crippen LogP contribution in [-0.2, 0) is 0 Å². The van der Waals surface area contributed by atoms with Crippen LogP contribution in [0, 0.1) is 40.4 Å². The van der Waals surface area contributed by atoms with Gasteiger partial charge in [-0.1, -0.05) is 40.0 Å². The van der Waals surface area contributed by atoms with Crippen LogP contribution in [0.15, 0.2) is 0 Å². The maximum absolute atomic E-state index is 8.61. The van der Waals surface area contributed by atoms with Gasteiger partial charge in [0.05, 0.1) is 0 Å². The molecule has 0 radical (unpaired) electrons. The summed E-state index contributed by atoms with van der Waals surface area (Å²) in [6.07, 6.45) is 6.66. The van der Waals surface area contributed by atoms with Gasteiger partial charge in [0, 0.05) is 5.48 Å². The lowest BCUT2D eigenvalue weighted by atomic mass is 9.45. The summed E-state index contributed by atoms with van der Waals surface area (Å²) in [7, 11) is 0. The molecule has 4 fully saturated rings. The van der Waals surface area contributed by atoms with Gasteiger partial charge in [0.2, 0.25) is 0 Å². The molecule has 4 aliphatic rings. The van der Waals surface area contributed by atoms with E-state index < -0.39 is 12.7 Å². The Morgan fingerprint density at radius 3 is 2.57 bits per heavy atom. The Hall–Kier alpha value is 0. The summed E-state index contributed by atoms with van der Waals surface area (Å²) in [5.41, 5.74) is 0.339. The average Bonchev–Trinajstić information content (AvgIpc) is 2.80. The van der Waals surface area contributed by atoms with Crippen molar-refractivity contribution in [1.82, 2.24) is 0 Å². The van der Waals surface area contributed by atoms with Gasteiger partial charge in [0.25, 0.3) is 0 Å². The zero-order valence-corrected chi connectivity index (χ0v) is 14.3. The highest BCUT2D eigenvalue weighted by molar-refractivity contribution is 5.08. The van der Waals surface area contributed by atoms with E-state index in [9.17, 15) is 0 Å². The molecule has 7 atom stereocenters.